The van der Waals surface area contributed by atoms with Crippen molar-refractivity contribution in [2.24, 2.45) is 5.92 Å². The zero-order chi connectivity index (χ0) is 14.1. The summed E-state index contributed by atoms with van der Waals surface area (Å²) in [6.45, 7) is 6.97. The average Bonchev–Trinajstić information content (AvgIpc) is 2.56. The highest BCUT2D eigenvalue weighted by atomic mass is 32.2. The van der Waals surface area contributed by atoms with E-state index in [-0.39, 0.29) is 10.1 Å². The summed E-state index contributed by atoms with van der Waals surface area (Å²) in [5.41, 5.74) is 0.886. The zero-order valence-electron chi connectivity index (χ0n) is 10.7. The van der Waals surface area contributed by atoms with Gasteiger partial charge in [-0.05, 0) is 31.4 Å². The Bertz CT molecular complexity index is 526. The first-order valence-electron chi connectivity index (χ1n) is 5.47. The lowest BCUT2D eigenvalue weighted by molar-refractivity contribution is -0.140. The lowest BCUT2D eigenvalue weighted by Gasteiger charge is -2.17. The van der Waals surface area contributed by atoms with Crippen molar-refractivity contribution in [3.05, 3.63) is 16.5 Å². The van der Waals surface area contributed by atoms with Gasteiger partial charge in [-0.1, -0.05) is 13.8 Å². The molecule has 0 aliphatic carbocycles. The van der Waals surface area contributed by atoms with E-state index < -0.39 is 22.0 Å². The van der Waals surface area contributed by atoms with Crippen LogP contribution in [0.4, 0.5) is 0 Å². The average molecular weight is 291 g/mol. The van der Waals surface area contributed by atoms with Crippen molar-refractivity contribution in [2.75, 3.05) is 0 Å². The summed E-state index contributed by atoms with van der Waals surface area (Å²) in [5.74, 6) is -1.49. The van der Waals surface area contributed by atoms with E-state index in [1.54, 1.807) is 19.9 Å². The second kappa shape index (κ2) is 5.38. The summed E-state index contributed by atoms with van der Waals surface area (Å²) in [5, 5.41) is 8.99. The topological polar surface area (TPSA) is 83.5 Å². The van der Waals surface area contributed by atoms with Gasteiger partial charge in [0.25, 0.3) is 10.0 Å². The molecule has 7 heteroatoms. The van der Waals surface area contributed by atoms with Crippen LogP contribution in [0.25, 0.3) is 0 Å². The normalized spacial score (nSPS) is 13.8. The summed E-state index contributed by atoms with van der Waals surface area (Å²) in [7, 11) is -3.76. The van der Waals surface area contributed by atoms with Crippen LogP contribution in [0.15, 0.2) is 10.3 Å². The van der Waals surface area contributed by atoms with Crippen LogP contribution in [-0.2, 0) is 14.8 Å². The quantitative estimate of drug-likeness (QED) is 0.865. The largest absolute Gasteiger partial charge is 0.480 e. The lowest BCUT2D eigenvalue weighted by Crippen LogP contribution is -2.43. The van der Waals surface area contributed by atoms with Crippen LogP contribution < -0.4 is 4.72 Å². The fraction of sp³-hybridized carbons (Fsp3) is 0.545. The van der Waals surface area contributed by atoms with Crippen LogP contribution in [0.1, 0.15) is 24.3 Å². The van der Waals surface area contributed by atoms with Gasteiger partial charge in [0.1, 0.15) is 10.3 Å². The van der Waals surface area contributed by atoms with Crippen LogP contribution in [0, 0.1) is 19.8 Å². The van der Waals surface area contributed by atoms with E-state index in [0.29, 0.717) is 0 Å². The number of nitrogens with one attached hydrogen (secondary N) is 1. The lowest BCUT2D eigenvalue weighted by atomic mass is 10.1. The van der Waals surface area contributed by atoms with E-state index >= 15 is 0 Å². The Kier molecular flexibility index (Phi) is 4.52. The predicted molar refractivity (Wildman–Crippen MR) is 70.4 cm³/mol. The van der Waals surface area contributed by atoms with Crippen molar-refractivity contribution in [1.82, 2.24) is 4.72 Å². The number of thiophene rings is 1. The molecule has 1 atom stereocenters. The zero-order valence-corrected chi connectivity index (χ0v) is 12.4. The molecule has 1 aromatic heterocycles. The van der Waals surface area contributed by atoms with Crippen molar-refractivity contribution in [3.63, 3.8) is 0 Å². The first kappa shape index (κ1) is 15.1. The number of carboxylic acid groups (broad SMARTS) is 1. The molecule has 0 spiro atoms. The first-order valence-corrected chi connectivity index (χ1v) is 7.77. The van der Waals surface area contributed by atoms with Crippen molar-refractivity contribution in [3.8, 4) is 0 Å². The molecule has 0 aliphatic heterocycles. The minimum absolute atomic E-state index is 0.157. The fourth-order valence-corrected chi connectivity index (χ4v) is 4.24. The molecule has 0 saturated carbocycles. The fourth-order valence-electron chi connectivity index (χ4n) is 1.37. The Morgan fingerprint density at radius 1 is 1.39 bits per heavy atom. The van der Waals surface area contributed by atoms with Crippen LogP contribution in [0.2, 0.25) is 0 Å². The summed E-state index contributed by atoms with van der Waals surface area (Å²) in [6.07, 6.45) is 0. The van der Waals surface area contributed by atoms with Crippen molar-refractivity contribution in [1.29, 1.82) is 0 Å². The summed E-state index contributed by atoms with van der Waals surface area (Å²) in [6, 6.07) is 0.444. The summed E-state index contributed by atoms with van der Waals surface area (Å²) in [4.78, 5) is 11.9. The maximum Gasteiger partial charge on any atom is 0.322 e. The third kappa shape index (κ3) is 3.30. The number of carbonyl (C=O) groups is 1. The van der Waals surface area contributed by atoms with E-state index in [1.165, 1.54) is 0 Å². The van der Waals surface area contributed by atoms with E-state index in [0.717, 1.165) is 21.8 Å². The van der Waals surface area contributed by atoms with Gasteiger partial charge < -0.3 is 5.11 Å². The first-order chi connectivity index (χ1) is 8.15. The number of aryl methyl sites for hydroxylation is 2. The van der Waals surface area contributed by atoms with Crippen LogP contribution in [-0.4, -0.2) is 25.5 Å². The molecule has 0 radical (unpaired) electrons. The Morgan fingerprint density at radius 3 is 2.28 bits per heavy atom. The summed E-state index contributed by atoms with van der Waals surface area (Å²) >= 11 is 1.14. The molecule has 0 saturated heterocycles. The maximum atomic E-state index is 12.1. The third-order valence-corrected chi connectivity index (χ3v) is 5.69. The van der Waals surface area contributed by atoms with Gasteiger partial charge in [0.05, 0.1) is 0 Å². The second-order valence-corrected chi connectivity index (χ2v) is 7.68. The number of sulfonamides is 1. The number of rotatable bonds is 5. The number of hydrogen-bond acceptors (Lipinski definition) is 4. The predicted octanol–water partition coefficient (Wildman–Crippen LogP) is 1.75. The second-order valence-electron chi connectivity index (χ2n) is 4.49. The van der Waals surface area contributed by atoms with Crippen LogP contribution in [0.5, 0.6) is 0 Å². The van der Waals surface area contributed by atoms with Gasteiger partial charge in [-0.15, -0.1) is 11.3 Å². The monoisotopic (exact) mass is 291 g/mol. The van der Waals surface area contributed by atoms with Gasteiger partial charge in [-0.2, -0.15) is 4.72 Å². The molecular weight excluding hydrogens is 274 g/mol. The van der Waals surface area contributed by atoms with Crippen molar-refractivity contribution in [2.45, 2.75) is 37.9 Å². The molecule has 1 heterocycles. The number of carboxylic acids is 1. The highest BCUT2D eigenvalue weighted by Crippen LogP contribution is 2.25. The molecule has 0 aromatic carbocycles. The Labute approximate surface area is 111 Å². The van der Waals surface area contributed by atoms with E-state index in [4.69, 9.17) is 5.11 Å². The molecule has 1 aromatic rings. The standard InChI is InChI=1S/C11H17NO4S2/c1-6(2)10(11(13)14)12-18(15,16)9-5-7(3)8(4)17-9/h5-6,10,12H,1-4H3,(H,13,14). The van der Waals surface area contributed by atoms with Crippen molar-refractivity contribution >= 4 is 27.3 Å². The Balaban J connectivity index is 3.04. The Morgan fingerprint density at radius 2 is 1.94 bits per heavy atom. The Hall–Kier alpha value is -0.920. The van der Waals surface area contributed by atoms with E-state index in [2.05, 4.69) is 4.72 Å². The van der Waals surface area contributed by atoms with Crippen LogP contribution in [0.3, 0.4) is 0 Å². The van der Waals surface area contributed by atoms with Gasteiger partial charge in [0, 0.05) is 4.88 Å². The highest BCUT2D eigenvalue weighted by molar-refractivity contribution is 7.91. The molecule has 2 N–H and O–H groups in total. The minimum atomic E-state index is -3.76. The smallest absolute Gasteiger partial charge is 0.322 e. The molecule has 0 fully saturated rings. The van der Waals surface area contributed by atoms with Crippen molar-refractivity contribution < 1.29 is 18.3 Å². The number of aliphatic carboxylic acids is 1. The molecule has 1 rings (SSSR count). The molecule has 0 bridgehead atoms. The SMILES string of the molecule is Cc1cc(S(=O)(=O)NC(C(=O)O)C(C)C)sc1C. The molecule has 1 unspecified atom stereocenters. The number of hydrogen-bond donors (Lipinski definition) is 2. The molecule has 0 amide bonds. The molecule has 102 valence electrons. The van der Waals surface area contributed by atoms with E-state index in [1.807, 2.05) is 13.8 Å². The highest BCUT2D eigenvalue weighted by Gasteiger charge is 2.29. The molecule has 18 heavy (non-hydrogen) atoms. The van der Waals surface area contributed by atoms with Gasteiger partial charge in [-0.3, -0.25) is 4.79 Å². The molecular formula is C11H17NO4S2. The third-order valence-electron chi connectivity index (χ3n) is 2.62. The van der Waals surface area contributed by atoms with Crippen LogP contribution >= 0.6 is 11.3 Å². The molecule has 0 aliphatic rings. The van der Waals surface area contributed by atoms with Gasteiger partial charge in [0.2, 0.25) is 0 Å². The van der Waals surface area contributed by atoms with Gasteiger partial charge in [-0.25, -0.2) is 8.42 Å². The van der Waals surface area contributed by atoms with Gasteiger partial charge in [0.15, 0.2) is 0 Å². The van der Waals surface area contributed by atoms with Gasteiger partial charge >= 0.3 is 5.97 Å². The molecule has 5 nitrogen and oxygen atoms in total. The summed E-state index contributed by atoms with van der Waals surface area (Å²) < 4.78 is 26.5. The van der Waals surface area contributed by atoms with E-state index in [9.17, 15) is 13.2 Å². The maximum absolute atomic E-state index is 12.1. The minimum Gasteiger partial charge on any atom is -0.480 e.